The predicted octanol–water partition coefficient (Wildman–Crippen LogP) is 3.09. The lowest BCUT2D eigenvalue weighted by atomic mass is 10.1. The van der Waals surface area contributed by atoms with Crippen LogP contribution in [0.3, 0.4) is 0 Å². The highest BCUT2D eigenvalue weighted by Gasteiger charge is 2.12. The molecule has 0 aliphatic heterocycles. The first-order valence-electron chi connectivity index (χ1n) is 8.11. The summed E-state index contributed by atoms with van der Waals surface area (Å²) in [7, 11) is 0. The molecule has 0 bridgehead atoms. The highest BCUT2D eigenvalue weighted by molar-refractivity contribution is 6.33. The van der Waals surface area contributed by atoms with Crippen LogP contribution in [0.4, 0.5) is 5.69 Å². The van der Waals surface area contributed by atoms with Crippen LogP contribution < -0.4 is 11.1 Å². The lowest BCUT2D eigenvalue weighted by Crippen LogP contribution is -2.38. The maximum absolute atomic E-state index is 12.3. The fourth-order valence-corrected chi connectivity index (χ4v) is 2.78. The summed E-state index contributed by atoms with van der Waals surface area (Å²) < 4.78 is 0. The van der Waals surface area contributed by atoms with Gasteiger partial charge in [-0.25, -0.2) is 0 Å². The largest absolute Gasteiger partial charge is 0.329 e. The number of rotatable bonds is 8. The fourth-order valence-electron chi connectivity index (χ4n) is 2.50. The van der Waals surface area contributed by atoms with Crippen LogP contribution in [0.25, 0.3) is 0 Å². The summed E-state index contributed by atoms with van der Waals surface area (Å²) in [5.41, 5.74) is 8.63. The van der Waals surface area contributed by atoms with Gasteiger partial charge in [-0.15, -0.1) is 0 Å². The summed E-state index contributed by atoms with van der Waals surface area (Å²) in [6, 6.07) is 15.8. The molecule has 0 saturated heterocycles. The molecule has 3 N–H and O–H groups in total. The Morgan fingerprint density at radius 2 is 1.92 bits per heavy atom. The average molecular weight is 346 g/mol. The van der Waals surface area contributed by atoms with Gasteiger partial charge in [0.05, 0.1) is 17.3 Å². The first-order chi connectivity index (χ1) is 11.6. The minimum atomic E-state index is -0.0812. The van der Waals surface area contributed by atoms with Crippen molar-refractivity contribution in [2.45, 2.75) is 13.3 Å². The Bertz CT molecular complexity index is 661. The molecule has 0 aromatic heterocycles. The standard InChI is InChI=1S/C19H24ClN3O/c1-15-7-8-18(17(20)13-15)22-19(24)14-23(12-10-21)11-9-16-5-3-2-4-6-16/h2-8,13H,9-12,14,21H2,1H3,(H,22,24). The Labute approximate surface area is 148 Å². The molecule has 0 fully saturated rings. The van der Waals surface area contributed by atoms with Crippen LogP contribution >= 0.6 is 11.6 Å². The molecule has 0 atom stereocenters. The molecule has 5 heteroatoms. The van der Waals surface area contributed by atoms with Gasteiger partial charge in [0.1, 0.15) is 0 Å². The van der Waals surface area contributed by atoms with Gasteiger partial charge in [-0.05, 0) is 36.6 Å². The van der Waals surface area contributed by atoms with E-state index < -0.39 is 0 Å². The van der Waals surface area contributed by atoms with Gasteiger partial charge in [-0.2, -0.15) is 0 Å². The van der Waals surface area contributed by atoms with Gasteiger partial charge in [0, 0.05) is 19.6 Å². The fraction of sp³-hybridized carbons (Fsp3) is 0.316. The maximum Gasteiger partial charge on any atom is 0.238 e. The van der Waals surface area contributed by atoms with Crippen molar-refractivity contribution < 1.29 is 4.79 Å². The lowest BCUT2D eigenvalue weighted by Gasteiger charge is -2.21. The van der Waals surface area contributed by atoms with E-state index in [1.807, 2.05) is 43.3 Å². The zero-order chi connectivity index (χ0) is 17.4. The van der Waals surface area contributed by atoms with Gasteiger partial charge in [0.15, 0.2) is 0 Å². The smallest absolute Gasteiger partial charge is 0.238 e. The Hall–Kier alpha value is -1.88. The number of amides is 1. The first-order valence-corrected chi connectivity index (χ1v) is 8.48. The number of nitrogens with one attached hydrogen (secondary N) is 1. The monoisotopic (exact) mass is 345 g/mol. The minimum absolute atomic E-state index is 0.0812. The van der Waals surface area contributed by atoms with Crippen molar-refractivity contribution in [2.75, 3.05) is 31.5 Å². The van der Waals surface area contributed by atoms with E-state index in [2.05, 4.69) is 22.3 Å². The van der Waals surface area contributed by atoms with Crippen molar-refractivity contribution >= 4 is 23.2 Å². The molecule has 1 amide bonds. The molecule has 128 valence electrons. The van der Waals surface area contributed by atoms with Crippen molar-refractivity contribution in [1.82, 2.24) is 4.90 Å². The molecule has 24 heavy (non-hydrogen) atoms. The van der Waals surface area contributed by atoms with Gasteiger partial charge in [-0.1, -0.05) is 48.0 Å². The molecule has 0 heterocycles. The van der Waals surface area contributed by atoms with Crippen LogP contribution in [0, 0.1) is 6.92 Å². The molecule has 2 rings (SSSR count). The molecular formula is C19H24ClN3O. The summed E-state index contributed by atoms with van der Waals surface area (Å²) in [6.07, 6.45) is 0.888. The van der Waals surface area contributed by atoms with Gasteiger partial charge < -0.3 is 11.1 Å². The van der Waals surface area contributed by atoms with Crippen LogP contribution in [0.1, 0.15) is 11.1 Å². The summed E-state index contributed by atoms with van der Waals surface area (Å²) in [4.78, 5) is 14.4. The zero-order valence-electron chi connectivity index (χ0n) is 14.0. The summed E-state index contributed by atoms with van der Waals surface area (Å²) in [6.45, 7) is 4.25. The van der Waals surface area contributed by atoms with Crippen molar-refractivity contribution in [3.05, 3.63) is 64.7 Å². The Kier molecular flexibility index (Phi) is 7.25. The van der Waals surface area contributed by atoms with Crippen LogP contribution in [0.5, 0.6) is 0 Å². The molecule has 0 unspecified atom stereocenters. The quantitative estimate of drug-likeness (QED) is 0.773. The van der Waals surface area contributed by atoms with Gasteiger partial charge in [0.25, 0.3) is 0 Å². The number of hydrogen-bond donors (Lipinski definition) is 2. The van der Waals surface area contributed by atoms with Gasteiger partial charge in [0.2, 0.25) is 5.91 Å². The molecule has 2 aromatic carbocycles. The second-order valence-electron chi connectivity index (χ2n) is 5.83. The molecule has 0 radical (unpaired) electrons. The number of carbonyl (C=O) groups is 1. The number of halogens is 1. The molecule has 0 saturated carbocycles. The van der Waals surface area contributed by atoms with Gasteiger partial charge >= 0.3 is 0 Å². The summed E-state index contributed by atoms with van der Waals surface area (Å²) in [5.74, 6) is -0.0812. The Balaban J connectivity index is 1.90. The lowest BCUT2D eigenvalue weighted by molar-refractivity contribution is -0.117. The van der Waals surface area contributed by atoms with Crippen LogP contribution in [0.15, 0.2) is 48.5 Å². The molecular weight excluding hydrogens is 322 g/mol. The number of hydrogen-bond acceptors (Lipinski definition) is 3. The Morgan fingerprint density at radius 1 is 1.17 bits per heavy atom. The zero-order valence-corrected chi connectivity index (χ0v) is 14.7. The van der Waals surface area contributed by atoms with E-state index in [0.717, 1.165) is 18.5 Å². The van der Waals surface area contributed by atoms with E-state index in [0.29, 0.717) is 30.3 Å². The van der Waals surface area contributed by atoms with Gasteiger partial charge in [-0.3, -0.25) is 9.69 Å². The van der Waals surface area contributed by atoms with E-state index >= 15 is 0 Å². The number of benzene rings is 2. The highest BCUT2D eigenvalue weighted by Crippen LogP contribution is 2.22. The van der Waals surface area contributed by atoms with Crippen molar-refractivity contribution in [2.24, 2.45) is 5.73 Å². The molecule has 0 aliphatic rings. The second-order valence-corrected chi connectivity index (χ2v) is 6.24. The van der Waals surface area contributed by atoms with Crippen LogP contribution in [0.2, 0.25) is 5.02 Å². The number of anilines is 1. The second kappa shape index (κ2) is 9.42. The van der Waals surface area contributed by atoms with Crippen molar-refractivity contribution in [3.63, 3.8) is 0 Å². The third-order valence-electron chi connectivity index (χ3n) is 3.77. The van der Waals surface area contributed by atoms with Crippen LogP contribution in [-0.2, 0) is 11.2 Å². The molecule has 0 aliphatic carbocycles. The first kappa shape index (κ1) is 18.5. The number of carbonyl (C=O) groups excluding carboxylic acids is 1. The van der Waals surface area contributed by atoms with E-state index in [1.54, 1.807) is 0 Å². The number of nitrogens with two attached hydrogens (primary N) is 1. The third kappa shape index (κ3) is 5.96. The average Bonchev–Trinajstić information content (AvgIpc) is 2.56. The van der Waals surface area contributed by atoms with E-state index in [-0.39, 0.29) is 5.91 Å². The molecule has 2 aromatic rings. The third-order valence-corrected chi connectivity index (χ3v) is 4.08. The summed E-state index contributed by atoms with van der Waals surface area (Å²) >= 11 is 6.16. The SMILES string of the molecule is Cc1ccc(NC(=O)CN(CCN)CCc2ccccc2)c(Cl)c1. The molecule has 0 spiro atoms. The number of aryl methyl sites for hydroxylation is 1. The highest BCUT2D eigenvalue weighted by atomic mass is 35.5. The normalized spacial score (nSPS) is 10.8. The van der Waals surface area contributed by atoms with Crippen molar-refractivity contribution in [1.29, 1.82) is 0 Å². The maximum atomic E-state index is 12.3. The van der Waals surface area contributed by atoms with E-state index in [4.69, 9.17) is 17.3 Å². The molecule has 4 nitrogen and oxygen atoms in total. The van der Waals surface area contributed by atoms with Crippen LogP contribution in [-0.4, -0.2) is 37.0 Å². The Morgan fingerprint density at radius 3 is 2.58 bits per heavy atom. The minimum Gasteiger partial charge on any atom is -0.329 e. The topological polar surface area (TPSA) is 58.4 Å². The summed E-state index contributed by atoms with van der Waals surface area (Å²) in [5, 5.41) is 3.42. The van der Waals surface area contributed by atoms with Crippen molar-refractivity contribution in [3.8, 4) is 0 Å². The van der Waals surface area contributed by atoms with E-state index in [9.17, 15) is 4.79 Å². The number of nitrogens with zero attached hydrogens (tertiary/aromatic N) is 1. The van der Waals surface area contributed by atoms with E-state index in [1.165, 1.54) is 5.56 Å². The predicted molar refractivity (Wildman–Crippen MR) is 100 cm³/mol.